The molecule has 0 aliphatic carbocycles. The summed E-state index contributed by atoms with van der Waals surface area (Å²) in [6.45, 7) is 6.46. The Morgan fingerprint density at radius 1 is 0.833 bits per heavy atom. The van der Waals surface area contributed by atoms with Gasteiger partial charge in [-0.2, -0.15) is 0 Å². The van der Waals surface area contributed by atoms with E-state index in [-0.39, 0.29) is 0 Å². The first-order valence-electron chi connectivity index (χ1n) is 8.70. The highest BCUT2D eigenvalue weighted by atomic mass is 16.5. The summed E-state index contributed by atoms with van der Waals surface area (Å²) < 4.78 is 5.41. The van der Waals surface area contributed by atoms with Crippen LogP contribution in [0.3, 0.4) is 0 Å². The van der Waals surface area contributed by atoms with E-state index in [0.717, 1.165) is 62.4 Å². The maximum Gasteiger partial charge on any atom is 0.167 e. The Hall–Kier alpha value is -2.17. The Bertz CT molecular complexity index is 776. The number of para-hydroxylation sites is 1. The Morgan fingerprint density at radius 3 is 2.38 bits per heavy atom. The van der Waals surface area contributed by atoms with Gasteiger partial charge in [0.15, 0.2) is 5.58 Å². The molecule has 4 nitrogen and oxygen atoms in total. The molecule has 2 heterocycles. The quantitative estimate of drug-likeness (QED) is 0.722. The highest BCUT2D eigenvalue weighted by Gasteiger charge is 2.19. The van der Waals surface area contributed by atoms with Gasteiger partial charge in [-0.05, 0) is 24.1 Å². The van der Waals surface area contributed by atoms with Gasteiger partial charge in [-0.1, -0.05) is 47.6 Å². The number of benzene rings is 2. The number of hydrogen-bond donors (Lipinski definition) is 0. The molecule has 1 aliphatic rings. The van der Waals surface area contributed by atoms with Gasteiger partial charge < -0.3 is 9.42 Å². The molecule has 3 aromatic rings. The molecule has 124 valence electrons. The average Bonchev–Trinajstić information content (AvgIpc) is 3.05. The number of hydrogen-bond acceptors (Lipinski definition) is 4. The number of aromatic nitrogens is 1. The van der Waals surface area contributed by atoms with Gasteiger partial charge in [-0.3, -0.25) is 4.90 Å². The highest BCUT2D eigenvalue weighted by Crippen LogP contribution is 2.19. The van der Waals surface area contributed by atoms with E-state index in [1.165, 1.54) is 5.56 Å². The molecule has 0 spiro atoms. The van der Waals surface area contributed by atoms with Crippen LogP contribution >= 0.6 is 0 Å². The van der Waals surface area contributed by atoms with Crippen LogP contribution in [0.1, 0.15) is 11.3 Å². The third kappa shape index (κ3) is 3.50. The zero-order chi connectivity index (χ0) is 16.2. The van der Waals surface area contributed by atoms with Crippen LogP contribution in [-0.2, 0) is 13.0 Å². The second kappa shape index (κ2) is 7.16. The van der Waals surface area contributed by atoms with E-state index < -0.39 is 0 Å². The summed E-state index contributed by atoms with van der Waals surface area (Å²) in [5, 5.41) is 5.40. The molecule has 0 radical (unpaired) electrons. The van der Waals surface area contributed by atoms with Crippen LogP contribution in [-0.4, -0.2) is 47.7 Å². The molecule has 0 saturated carbocycles. The van der Waals surface area contributed by atoms with Crippen LogP contribution in [0.25, 0.3) is 11.0 Å². The fourth-order valence-electron chi connectivity index (χ4n) is 3.37. The third-order valence-electron chi connectivity index (χ3n) is 4.85. The molecule has 0 amide bonds. The van der Waals surface area contributed by atoms with Crippen molar-refractivity contribution in [1.82, 2.24) is 15.0 Å². The first-order chi connectivity index (χ1) is 11.9. The minimum Gasteiger partial charge on any atom is -0.356 e. The maximum atomic E-state index is 5.41. The summed E-state index contributed by atoms with van der Waals surface area (Å²) in [6, 6.07) is 18.9. The van der Waals surface area contributed by atoms with Crippen molar-refractivity contribution in [1.29, 1.82) is 0 Å². The SMILES string of the molecule is c1ccc(CCN2CCN(Cc3noc4ccccc34)CC2)cc1. The van der Waals surface area contributed by atoms with Gasteiger partial charge in [-0.15, -0.1) is 0 Å². The van der Waals surface area contributed by atoms with Crippen molar-refractivity contribution in [3.05, 3.63) is 65.9 Å². The molecule has 0 N–H and O–H groups in total. The fourth-order valence-corrected chi connectivity index (χ4v) is 3.37. The average molecular weight is 321 g/mol. The van der Waals surface area contributed by atoms with Gasteiger partial charge in [0.25, 0.3) is 0 Å². The van der Waals surface area contributed by atoms with E-state index >= 15 is 0 Å². The number of piperazine rings is 1. The monoisotopic (exact) mass is 321 g/mol. The Kier molecular flexibility index (Phi) is 4.58. The van der Waals surface area contributed by atoms with Gasteiger partial charge in [-0.25, -0.2) is 0 Å². The van der Waals surface area contributed by atoms with E-state index in [1.54, 1.807) is 0 Å². The standard InChI is InChI=1S/C20H23N3O/c1-2-6-17(7-3-1)10-11-22-12-14-23(15-13-22)16-19-18-8-4-5-9-20(18)24-21-19/h1-9H,10-16H2. The number of fused-ring (bicyclic) bond motifs is 1. The van der Waals surface area contributed by atoms with Gasteiger partial charge in [0.05, 0.1) is 0 Å². The first-order valence-corrected chi connectivity index (χ1v) is 8.70. The van der Waals surface area contributed by atoms with Gasteiger partial charge in [0, 0.05) is 44.7 Å². The van der Waals surface area contributed by atoms with Crippen molar-refractivity contribution < 1.29 is 4.52 Å². The van der Waals surface area contributed by atoms with Gasteiger partial charge >= 0.3 is 0 Å². The minimum atomic E-state index is 0.879. The van der Waals surface area contributed by atoms with Crippen molar-refractivity contribution in [2.75, 3.05) is 32.7 Å². The zero-order valence-electron chi connectivity index (χ0n) is 13.9. The molecule has 4 rings (SSSR count). The van der Waals surface area contributed by atoms with Crippen LogP contribution in [0, 0.1) is 0 Å². The predicted molar refractivity (Wildman–Crippen MR) is 95.9 cm³/mol. The summed E-state index contributed by atoms with van der Waals surface area (Å²) in [5.41, 5.74) is 3.37. The second-order valence-electron chi connectivity index (χ2n) is 6.48. The molecule has 0 bridgehead atoms. The van der Waals surface area contributed by atoms with Crippen LogP contribution in [0.5, 0.6) is 0 Å². The lowest BCUT2D eigenvalue weighted by atomic mass is 10.1. The van der Waals surface area contributed by atoms with Gasteiger partial charge in [0.1, 0.15) is 5.69 Å². The maximum absolute atomic E-state index is 5.41. The summed E-state index contributed by atoms with van der Waals surface area (Å²) in [5.74, 6) is 0. The number of nitrogens with zero attached hydrogens (tertiary/aromatic N) is 3. The smallest absolute Gasteiger partial charge is 0.167 e. The molecular formula is C20H23N3O. The molecule has 1 saturated heterocycles. The van der Waals surface area contributed by atoms with Gasteiger partial charge in [0.2, 0.25) is 0 Å². The minimum absolute atomic E-state index is 0.879. The highest BCUT2D eigenvalue weighted by molar-refractivity contribution is 5.79. The molecule has 1 aliphatic heterocycles. The van der Waals surface area contributed by atoms with E-state index in [2.05, 4.69) is 51.4 Å². The van der Waals surface area contributed by atoms with Crippen molar-refractivity contribution in [2.45, 2.75) is 13.0 Å². The van der Waals surface area contributed by atoms with E-state index in [0.29, 0.717) is 0 Å². The Balaban J connectivity index is 1.28. The van der Waals surface area contributed by atoms with E-state index in [1.807, 2.05) is 18.2 Å². The predicted octanol–water partition coefficient (Wildman–Crippen LogP) is 3.19. The van der Waals surface area contributed by atoms with Crippen LogP contribution < -0.4 is 0 Å². The number of rotatable bonds is 5. The van der Waals surface area contributed by atoms with Crippen molar-refractivity contribution in [3.8, 4) is 0 Å². The van der Waals surface area contributed by atoms with Crippen molar-refractivity contribution >= 4 is 11.0 Å². The summed E-state index contributed by atoms with van der Waals surface area (Å²) in [4.78, 5) is 5.04. The molecule has 0 atom stereocenters. The molecule has 0 unspecified atom stereocenters. The Morgan fingerprint density at radius 2 is 1.54 bits per heavy atom. The topological polar surface area (TPSA) is 32.5 Å². The summed E-state index contributed by atoms with van der Waals surface area (Å²) in [6.07, 6.45) is 1.13. The summed E-state index contributed by atoms with van der Waals surface area (Å²) in [7, 11) is 0. The van der Waals surface area contributed by atoms with Crippen molar-refractivity contribution in [2.24, 2.45) is 0 Å². The second-order valence-corrected chi connectivity index (χ2v) is 6.48. The van der Waals surface area contributed by atoms with E-state index in [9.17, 15) is 0 Å². The molecule has 24 heavy (non-hydrogen) atoms. The largest absolute Gasteiger partial charge is 0.356 e. The normalized spacial score (nSPS) is 16.7. The lowest BCUT2D eigenvalue weighted by molar-refractivity contribution is 0.126. The molecule has 4 heteroatoms. The Labute approximate surface area is 142 Å². The van der Waals surface area contributed by atoms with Crippen LogP contribution in [0.15, 0.2) is 59.1 Å². The molecule has 1 aromatic heterocycles. The first kappa shape index (κ1) is 15.4. The third-order valence-corrected chi connectivity index (χ3v) is 4.85. The van der Waals surface area contributed by atoms with Crippen LogP contribution in [0.4, 0.5) is 0 Å². The molecule has 2 aromatic carbocycles. The zero-order valence-corrected chi connectivity index (χ0v) is 13.9. The lowest BCUT2D eigenvalue weighted by Gasteiger charge is -2.34. The summed E-state index contributed by atoms with van der Waals surface area (Å²) >= 11 is 0. The lowest BCUT2D eigenvalue weighted by Crippen LogP contribution is -2.46. The fraction of sp³-hybridized carbons (Fsp3) is 0.350. The van der Waals surface area contributed by atoms with Crippen molar-refractivity contribution in [3.63, 3.8) is 0 Å². The van der Waals surface area contributed by atoms with E-state index in [4.69, 9.17) is 4.52 Å². The molecule has 1 fully saturated rings. The van der Waals surface area contributed by atoms with Crippen LogP contribution in [0.2, 0.25) is 0 Å². The molecular weight excluding hydrogens is 298 g/mol.